The van der Waals surface area contributed by atoms with Crippen molar-refractivity contribution < 1.29 is 13.9 Å². The Morgan fingerprint density at radius 3 is 3.00 bits per heavy atom. The van der Waals surface area contributed by atoms with Gasteiger partial charge in [-0.25, -0.2) is 19.2 Å². The molecule has 2 N–H and O–H groups in total. The molecule has 0 radical (unpaired) electrons. The summed E-state index contributed by atoms with van der Waals surface area (Å²) >= 11 is 0. The maximum atomic E-state index is 13.8. The van der Waals surface area contributed by atoms with Gasteiger partial charge in [-0.1, -0.05) is 0 Å². The lowest BCUT2D eigenvalue weighted by Crippen LogP contribution is -2.53. The minimum absolute atomic E-state index is 0.300. The van der Waals surface area contributed by atoms with Gasteiger partial charge in [0.2, 0.25) is 5.88 Å². The number of nitrogens with zero attached hydrogens (tertiary/aromatic N) is 3. The fourth-order valence-electron chi connectivity index (χ4n) is 2.14. The minimum atomic E-state index is -1.02. The number of carbonyl (C=O) groups is 1. The average molecular weight is 297 g/mol. The van der Waals surface area contributed by atoms with Gasteiger partial charge in [-0.15, -0.1) is 0 Å². The second kappa shape index (κ2) is 7.16. The lowest BCUT2D eigenvalue weighted by Gasteiger charge is -2.34. The smallest absolute Gasteiger partial charge is 0.323 e. The average Bonchev–Trinajstić information content (AvgIpc) is 2.49. The van der Waals surface area contributed by atoms with E-state index < -0.39 is 18.2 Å². The molecule has 0 aromatic carbocycles. The number of amides is 2. The highest BCUT2D eigenvalue weighted by atomic mass is 19.1. The Balaban J connectivity index is 1.93. The van der Waals surface area contributed by atoms with Crippen LogP contribution in [0.4, 0.5) is 15.0 Å². The van der Waals surface area contributed by atoms with Crippen molar-refractivity contribution in [2.75, 3.05) is 32.1 Å². The van der Waals surface area contributed by atoms with E-state index in [0.717, 1.165) is 0 Å². The number of anilines is 1. The molecule has 2 amide bonds. The zero-order valence-corrected chi connectivity index (χ0v) is 12.2. The number of aromatic nitrogens is 2. The van der Waals surface area contributed by atoms with Gasteiger partial charge < -0.3 is 15.0 Å². The highest BCUT2D eigenvalue weighted by molar-refractivity contribution is 5.88. The summed E-state index contributed by atoms with van der Waals surface area (Å²) in [4.78, 5) is 21.5. The molecular weight excluding hydrogens is 277 g/mol. The van der Waals surface area contributed by atoms with Crippen LogP contribution in [-0.4, -0.2) is 59.9 Å². The van der Waals surface area contributed by atoms with Crippen LogP contribution in [0, 0.1) is 0 Å². The Labute approximate surface area is 122 Å². The van der Waals surface area contributed by atoms with Crippen LogP contribution in [0.25, 0.3) is 0 Å². The number of urea groups is 1. The van der Waals surface area contributed by atoms with E-state index in [1.165, 1.54) is 17.3 Å². The van der Waals surface area contributed by atoms with Crippen LogP contribution >= 0.6 is 0 Å². The number of ether oxygens (including phenoxy) is 1. The molecule has 2 heterocycles. The zero-order valence-electron chi connectivity index (χ0n) is 12.2. The van der Waals surface area contributed by atoms with Gasteiger partial charge in [-0.05, 0) is 19.9 Å². The number of halogens is 1. The molecule has 21 heavy (non-hydrogen) atoms. The summed E-state index contributed by atoms with van der Waals surface area (Å²) in [5.41, 5.74) is 0. The van der Waals surface area contributed by atoms with Crippen LogP contribution in [0.1, 0.15) is 13.3 Å². The van der Waals surface area contributed by atoms with Crippen molar-refractivity contribution in [3.05, 3.63) is 12.4 Å². The number of nitrogens with one attached hydrogen (secondary N) is 2. The normalized spacial score (nSPS) is 21.7. The van der Waals surface area contributed by atoms with Gasteiger partial charge >= 0.3 is 6.03 Å². The zero-order chi connectivity index (χ0) is 15.2. The van der Waals surface area contributed by atoms with E-state index >= 15 is 0 Å². The molecule has 116 valence electrons. The Hall–Kier alpha value is -1.96. The molecule has 8 heteroatoms. The Kier molecular flexibility index (Phi) is 5.26. The van der Waals surface area contributed by atoms with Gasteiger partial charge in [0.25, 0.3) is 0 Å². The SMILES string of the molecule is CCOc1cnc(NC(=O)N(C)[C@H]2CNCC[C@H]2F)cn1. The summed E-state index contributed by atoms with van der Waals surface area (Å²) in [6.07, 6.45) is 2.22. The monoisotopic (exact) mass is 297 g/mol. The number of hydrogen-bond acceptors (Lipinski definition) is 5. The van der Waals surface area contributed by atoms with E-state index in [1.807, 2.05) is 6.92 Å². The minimum Gasteiger partial charge on any atom is -0.477 e. The number of likely N-dealkylation sites (N-methyl/N-ethyl adjacent to an activating group) is 1. The Morgan fingerprint density at radius 1 is 1.57 bits per heavy atom. The summed E-state index contributed by atoms with van der Waals surface area (Å²) in [6.45, 7) is 3.42. The van der Waals surface area contributed by atoms with Crippen molar-refractivity contribution in [2.45, 2.75) is 25.6 Å². The first-order chi connectivity index (χ1) is 10.1. The van der Waals surface area contributed by atoms with Crippen LogP contribution in [0.15, 0.2) is 12.4 Å². The van der Waals surface area contributed by atoms with Gasteiger partial charge in [0.1, 0.15) is 6.17 Å². The van der Waals surface area contributed by atoms with Gasteiger partial charge in [-0.2, -0.15) is 0 Å². The second-order valence-corrected chi connectivity index (χ2v) is 4.79. The Morgan fingerprint density at radius 2 is 2.38 bits per heavy atom. The van der Waals surface area contributed by atoms with Crippen molar-refractivity contribution in [2.24, 2.45) is 0 Å². The molecule has 0 spiro atoms. The number of piperidine rings is 1. The molecule has 1 aliphatic rings. The second-order valence-electron chi connectivity index (χ2n) is 4.79. The number of hydrogen-bond donors (Lipinski definition) is 2. The predicted molar refractivity (Wildman–Crippen MR) is 76.2 cm³/mol. The summed E-state index contributed by atoms with van der Waals surface area (Å²) in [5, 5.41) is 5.67. The quantitative estimate of drug-likeness (QED) is 0.868. The Bertz CT molecular complexity index is 470. The third-order valence-corrected chi connectivity index (χ3v) is 3.34. The molecule has 1 aromatic rings. The first-order valence-electron chi connectivity index (χ1n) is 6.95. The molecule has 0 saturated carbocycles. The van der Waals surface area contributed by atoms with Crippen LogP contribution in [0.3, 0.4) is 0 Å². The van der Waals surface area contributed by atoms with Crippen LogP contribution in [0.5, 0.6) is 5.88 Å². The topological polar surface area (TPSA) is 79.4 Å². The molecule has 0 bridgehead atoms. The predicted octanol–water partition coefficient (Wildman–Crippen LogP) is 1.04. The van der Waals surface area contributed by atoms with Crippen LogP contribution in [-0.2, 0) is 0 Å². The fourth-order valence-corrected chi connectivity index (χ4v) is 2.14. The van der Waals surface area contributed by atoms with Gasteiger partial charge in [0.15, 0.2) is 5.82 Å². The van der Waals surface area contributed by atoms with Gasteiger partial charge in [0, 0.05) is 13.6 Å². The lowest BCUT2D eigenvalue weighted by molar-refractivity contribution is 0.125. The van der Waals surface area contributed by atoms with Gasteiger partial charge in [-0.3, -0.25) is 5.32 Å². The van der Waals surface area contributed by atoms with E-state index in [4.69, 9.17) is 4.74 Å². The first kappa shape index (κ1) is 15.4. The van der Waals surface area contributed by atoms with Crippen molar-refractivity contribution in [1.29, 1.82) is 0 Å². The van der Waals surface area contributed by atoms with E-state index in [2.05, 4.69) is 20.6 Å². The largest absolute Gasteiger partial charge is 0.477 e. The maximum Gasteiger partial charge on any atom is 0.323 e. The highest BCUT2D eigenvalue weighted by Crippen LogP contribution is 2.15. The molecule has 0 aliphatic carbocycles. The molecule has 1 aliphatic heterocycles. The molecular formula is C13H20FN5O2. The number of alkyl halides is 1. The number of rotatable bonds is 4. The van der Waals surface area contributed by atoms with E-state index in [-0.39, 0.29) is 0 Å². The molecule has 1 aromatic heterocycles. The van der Waals surface area contributed by atoms with Crippen LogP contribution < -0.4 is 15.4 Å². The summed E-state index contributed by atoms with van der Waals surface area (Å²) in [7, 11) is 1.57. The van der Waals surface area contributed by atoms with E-state index in [1.54, 1.807) is 7.05 Å². The van der Waals surface area contributed by atoms with Crippen molar-refractivity contribution in [1.82, 2.24) is 20.2 Å². The molecule has 2 rings (SSSR count). The van der Waals surface area contributed by atoms with Crippen molar-refractivity contribution in [3.63, 3.8) is 0 Å². The van der Waals surface area contributed by atoms with Crippen molar-refractivity contribution in [3.8, 4) is 5.88 Å². The molecule has 1 fully saturated rings. The molecule has 7 nitrogen and oxygen atoms in total. The first-order valence-corrected chi connectivity index (χ1v) is 6.95. The highest BCUT2D eigenvalue weighted by Gasteiger charge is 2.30. The molecule has 2 atom stereocenters. The fraction of sp³-hybridized carbons (Fsp3) is 0.615. The number of carbonyl (C=O) groups excluding carboxylic acids is 1. The van der Waals surface area contributed by atoms with E-state index in [0.29, 0.717) is 37.8 Å². The molecule has 0 unspecified atom stereocenters. The third-order valence-electron chi connectivity index (χ3n) is 3.34. The summed E-state index contributed by atoms with van der Waals surface area (Å²) in [5.74, 6) is 0.693. The maximum absolute atomic E-state index is 13.8. The standard InChI is InChI=1S/C13H20FN5O2/c1-3-21-12-8-16-11(7-17-12)18-13(20)19(2)10-6-15-5-4-9(10)14/h7-10,15H,3-6H2,1-2H3,(H,16,18,20)/t9-,10+/m1/s1. The van der Waals surface area contributed by atoms with Crippen molar-refractivity contribution >= 4 is 11.8 Å². The van der Waals surface area contributed by atoms with Gasteiger partial charge in [0.05, 0.1) is 25.0 Å². The molecule has 1 saturated heterocycles. The summed E-state index contributed by atoms with van der Waals surface area (Å²) in [6, 6.07) is -0.890. The van der Waals surface area contributed by atoms with E-state index in [9.17, 15) is 9.18 Å². The lowest BCUT2D eigenvalue weighted by atomic mass is 10.0. The summed E-state index contributed by atoms with van der Waals surface area (Å²) < 4.78 is 19.0. The third kappa shape index (κ3) is 4.01. The van der Waals surface area contributed by atoms with Crippen LogP contribution in [0.2, 0.25) is 0 Å².